The zero-order valence-electron chi connectivity index (χ0n) is 4.02. The third kappa shape index (κ3) is 8.82. The average Bonchev–Trinajstić information content (AvgIpc) is 0. The van der Waals surface area contributed by atoms with Gasteiger partial charge in [-0.3, -0.25) is 0 Å². The van der Waals surface area contributed by atoms with Crippen LogP contribution in [-0.2, 0) is 21.7 Å². The Bertz CT molecular complexity index is 11.5. The Labute approximate surface area is 85.8 Å². The van der Waals surface area contributed by atoms with E-state index in [2.05, 4.69) is 0 Å². The Morgan fingerprint density at radius 2 is 1.00 bits per heavy atom. The van der Waals surface area contributed by atoms with Crippen LogP contribution in [0.15, 0.2) is 0 Å². The Morgan fingerprint density at radius 3 is 1.00 bits per heavy atom. The molecule has 0 fully saturated rings. The largest absolute Gasteiger partial charge is 2.00 e. The zero-order chi connectivity index (χ0) is 0. The molecule has 0 saturated carbocycles. The van der Waals surface area contributed by atoms with Crippen molar-refractivity contribution in [1.29, 1.82) is 0 Å². The van der Waals surface area contributed by atoms with Crippen LogP contribution in [0.25, 0.3) is 0 Å². The van der Waals surface area contributed by atoms with Gasteiger partial charge in [0.1, 0.15) is 0 Å². The maximum absolute atomic E-state index is 0. The number of halogens is 2. The molecule has 0 heterocycles. The summed E-state index contributed by atoms with van der Waals surface area (Å²) in [4.78, 5) is 0. The number of hydrogen-bond acceptors (Lipinski definition) is 0. The first-order valence-electron chi connectivity index (χ1n) is 0. The minimum atomic E-state index is 0. The van der Waals surface area contributed by atoms with E-state index in [9.17, 15) is 0 Å². The smallest absolute Gasteiger partial charge is 1.00 e. The molecule has 4 heteroatoms. The van der Waals surface area contributed by atoms with E-state index >= 15 is 0 Å². The fourth-order valence-electron chi connectivity index (χ4n) is 0. The second-order valence-electron chi connectivity index (χ2n) is 0. The molecule has 0 aromatic heterocycles. The predicted molar refractivity (Wildman–Crippen MR) is 22.5 cm³/mol. The van der Waals surface area contributed by atoms with E-state index in [1.807, 2.05) is 0 Å². The molecule has 0 radical (unpaired) electrons. The molecule has 0 amide bonds. The first kappa shape index (κ1) is 31.0. The van der Waals surface area contributed by atoms with Gasteiger partial charge in [0.05, 0.1) is 0 Å². The van der Waals surface area contributed by atoms with Crippen molar-refractivity contribution in [3.63, 3.8) is 0 Å². The van der Waals surface area contributed by atoms with Gasteiger partial charge in [0.15, 0.2) is 0 Å². The van der Waals surface area contributed by atoms with E-state index in [0.717, 1.165) is 0 Å². The molecule has 0 N–H and O–H groups in total. The third-order valence-electron chi connectivity index (χ3n) is 0. The van der Waals surface area contributed by atoms with Crippen molar-refractivity contribution in [3.05, 3.63) is 0 Å². The Kier molecular flexibility index (Phi) is 137. The summed E-state index contributed by atoms with van der Waals surface area (Å²) in [6.45, 7) is 0. The van der Waals surface area contributed by atoms with E-state index in [1.165, 1.54) is 0 Å². The standard InChI is InChI=1S/Ca.2ClH.Ti.2H/h;2*1H;;;/q+2;;;;2*-1. The summed E-state index contributed by atoms with van der Waals surface area (Å²) < 4.78 is 0. The van der Waals surface area contributed by atoms with Gasteiger partial charge in [0, 0.05) is 21.7 Å². The van der Waals surface area contributed by atoms with Crippen LogP contribution in [0, 0.1) is 0 Å². The maximum Gasteiger partial charge on any atom is 2.00 e. The molecule has 0 atom stereocenters. The van der Waals surface area contributed by atoms with Gasteiger partial charge in [0.25, 0.3) is 0 Å². The normalized spacial score (nSPS) is 0. The van der Waals surface area contributed by atoms with Crippen molar-refractivity contribution in [2.75, 3.05) is 0 Å². The van der Waals surface area contributed by atoms with Crippen LogP contribution in [0.1, 0.15) is 2.85 Å². The SMILES string of the molecule is Cl.Cl.[Ca+2].[H-].[H-].[Ti]. The van der Waals surface area contributed by atoms with Gasteiger partial charge in [-0.05, 0) is 0 Å². The second kappa shape index (κ2) is 17.7. The summed E-state index contributed by atoms with van der Waals surface area (Å²) in [5, 5.41) is 0. The van der Waals surface area contributed by atoms with Crippen molar-refractivity contribution in [3.8, 4) is 0 Å². The molecule has 0 aliphatic heterocycles. The zero-order valence-corrected chi connectivity index (χ0v) is 7.43. The average molecular weight is 163 g/mol. The fraction of sp³-hybridized carbons (Fsp3) is 0. The molecule has 24 valence electrons. The van der Waals surface area contributed by atoms with Gasteiger partial charge in [-0.2, -0.15) is 0 Å². The van der Waals surface area contributed by atoms with Gasteiger partial charge in [-0.25, -0.2) is 0 Å². The fourth-order valence-corrected chi connectivity index (χ4v) is 0. The van der Waals surface area contributed by atoms with Crippen LogP contribution in [0.2, 0.25) is 0 Å². The minimum absolute atomic E-state index is 0. The summed E-state index contributed by atoms with van der Waals surface area (Å²) in [6.07, 6.45) is 0. The molecule has 4 heavy (non-hydrogen) atoms. The van der Waals surface area contributed by atoms with E-state index in [4.69, 9.17) is 0 Å². The molecular weight excluding hydrogens is 159 g/mol. The number of hydrogen-bond donors (Lipinski definition) is 0. The Morgan fingerprint density at radius 1 is 1.00 bits per heavy atom. The van der Waals surface area contributed by atoms with Gasteiger partial charge in [0.2, 0.25) is 0 Å². The second-order valence-corrected chi connectivity index (χ2v) is 0. The molecule has 0 aliphatic carbocycles. The van der Waals surface area contributed by atoms with E-state index in [1.54, 1.807) is 0 Å². The van der Waals surface area contributed by atoms with Crippen LogP contribution in [0.5, 0.6) is 0 Å². The summed E-state index contributed by atoms with van der Waals surface area (Å²) in [6, 6.07) is 0. The van der Waals surface area contributed by atoms with Crippen molar-refractivity contribution in [2.45, 2.75) is 0 Å². The molecule has 0 saturated heterocycles. The minimum Gasteiger partial charge on any atom is -1.00 e. The molecular formula is H4CaCl2Ti. The molecule has 0 aromatic carbocycles. The van der Waals surface area contributed by atoms with Gasteiger partial charge < -0.3 is 2.85 Å². The summed E-state index contributed by atoms with van der Waals surface area (Å²) in [5.41, 5.74) is 0. The summed E-state index contributed by atoms with van der Waals surface area (Å²) in [5.74, 6) is 0. The molecule has 0 aliphatic rings. The molecule has 0 spiro atoms. The summed E-state index contributed by atoms with van der Waals surface area (Å²) in [7, 11) is 0. The first-order chi connectivity index (χ1) is 0. The van der Waals surface area contributed by atoms with Crippen LogP contribution in [-0.4, -0.2) is 37.7 Å². The quantitative estimate of drug-likeness (QED) is 0.460. The topological polar surface area (TPSA) is 0 Å². The summed E-state index contributed by atoms with van der Waals surface area (Å²) >= 11 is 0. The van der Waals surface area contributed by atoms with Crippen LogP contribution >= 0.6 is 24.8 Å². The van der Waals surface area contributed by atoms with Crippen molar-refractivity contribution in [2.24, 2.45) is 0 Å². The van der Waals surface area contributed by atoms with Gasteiger partial charge in [-0.15, -0.1) is 24.8 Å². The van der Waals surface area contributed by atoms with Crippen molar-refractivity contribution in [1.82, 2.24) is 0 Å². The van der Waals surface area contributed by atoms with Gasteiger partial charge >= 0.3 is 37.7 Å². The van der Waals surface area contributed by atoms with E-state index in [0.29, 0.717) is 0 Å². The molecule has 0 bridgehead atoms. The predicted octanol–water partition coefficient (Wildman–Crippen LogP) is 0.685. The van der Waals surface area contributed by atoms with Crippen molar-refractivity contribution >= 4 is 62.6 Å². The first-order valence-corrected chi connectivity index (χ1v) is 0. The van der Waals surface area contributed by atoms with E-state index in [-0.39, 0.29) is 87.1 Å². The molecule has 0 unspecified atom stereocenters. The molecule has 0 nitrogen and oxygen atoms in total. The van der Waals surface area contributed by atoms with Crippen LogP contribution < -0.4 is 0 Å². The molecule has 0 aromatic rings. The van der Waals surface area contributed by atoms with Crippen LogP contribution in [0.4, 0.5) is 0 Å². The molecule has 0 rings (SSSR count). The van der Waals surface area contributed by atoms with Crippen molar-refractivity contribution < 1.29 is 24.6 Å². The third-order valence-corrected chi connectivity index (χ3v) is 0. The maximum atomic E-state index is 0. The number of rotatable bonds is 0. The Hall–Kier alpha value is 2.55. The monoisotopic (exact) mass is 162 g/mol. The van der Waals surface area contributed by atoms with Gasteiger partial charge in [-0.1, -0.05) is 0 Å². The van der Waals surface area contributed by atoms with Crippen LogP contribution in [0.3, 0.4) is 0 Å². The van der Waals surface area contributed by atoms with E-state index < -0.39 is 0 Å². The Balaban J connectivity index is 0.